The third-order valence-corrected chi connectivity index (χ3v) is 6.30. The van der Waals surface area contributed by atoms with Gasteiger partial charge in [0.05, 0.1) is 31.7 Å². The number of hydrogen-bond acceptors (Lipinski definition) is 4. The Hall–Kier alpha value is -2.58. The molecule has 0 unspecified atom stereocenters. The van der Waals surface area contributed by atoms with Crippen molar-refractivity contribution in [2.45, 2.75) is 13.2 Å². The first-order chi connectivity index (χ1) is 15.7. The van der Waals surface area contributed by atoms with Gasteiger partial charge in [-0.2, -0.15) is 0 Å². The maximum Gasteiger partial charge on any atom is 0.251 e. The smallest absolute Gasteiger partial charge is 0.251 e. The number of ether oxygens (including phenoxy) is 1. The summed E-state index contributed by atoms with van der Waals surface area (Å²) in [5, 5.41) is 3.49. The van der Waals surface area contributed by atoms with Crippen LogP contribution in [0.5, 0.6) is 0 Å². The minimum atomic E-state index is -3.59. The molecule has 9 heteroatoms. The molecule has 6 nitrogen and oxygen atoms in total. The summed E-state index contributed by atoms with van der Waals surface area (Å²) in [6.07, 6.45) is 1.11. The molecule has 0 saturated heterocycles. The number of nitrogens with one attached hydrogen (secondary N) is 1. The van der Waals surface area contributed by atoms with Crippen LogP contribution in [0.4, 0.5) is 5.69 Å². The quantitative estimate of drug-likeness (QED) is 0.396. The Balaban J connectivity index is 1.56. The van der Waals surface area contributed by atoms with Crippen molar-refractivity contribution in [1.29, 1.82) is 0 Å². The topological polar surface area (TPSA) is 75.7 Å². The predicted octanol–water partition coefficient (Wildman–Crippen LogP) is 4.91. The maximum absolute atomic E-state index is 12.4. The number of amides is 1. The Kier molecular flexibility index (Phi) is 8.74. The van der Waals surface area contributed by atoms with Crippen molar-refractivity contribution in [3.05, 3.63) is 99.5 Å². The number of hydrogen-bond donors (Lipinski definition) is 1. The highest BCUT2D eigenvalue weighted by atomic mass is 35.5. The first kappa shape index (κ1) is 25.1. The molecule has 0 heterocycles. The molecule has 0 atom stereocenters. The molecule has 33 heavy (non-hydrogen) atoms. The van der Waals surface area contributed by atoms with Gasteiger partial charge in [0.25, 0.3) is 5.91 Å². The third kappa shape index (κ3) is 7.75. The SMILES string of the molecule is CS(=O)(=O)N(Cc1ccc(C(=O)NCCOCc2ccccc2)cc1)c1cc(Cl)cc(Cl)c1. The fourth-order valence-corrected chi connectivity index (χ4v) is 4.50. The number of halogens is 2. The zero-order valence-corrected chi connectivity index (χ0v) is 20.3. The van der Waals surface area contributed by atoms with E-state index in [1.807, 2.05) is 30.3 Å². The average molecular weight is 507 g/mol. The number of benzene rings is 3. The van der Waals surface area contributed by atoms with Crippen molar-refractivity contribution < 1.29 is 17.9 Å². The van der Waals surface area contributed by atoms with Gasteiger partial charge in [-0.1, -0.05) is 65.7 Å². The fourth-order valence-electron chi connectivity index (χ4n) is 3.11. The van der Waals surface area contributed by atoms with Gasteiger partial charge < -0.3 is 10.1 Å². The van der Waals surface area contributed by atoms with E-state index in [-0.39, 0.29) is 12.5 Å². The van der Waals surface area contributed by atoms with Crippen LogP contribution in [0.1, 0.15) is 21.5 Å². The van der Waals surface area contributed by atoms with Gasteiger partial charge in [0, 0.05) is 22.2 Å². The summed E-state index contributed by atoms with van der Waals surface area (Å²) in [6.45, 7) is 1.33. The zero-order valence-electron chi connectivity index (χ0n) is 18.0. The summed E-state index contributed by atoms with van der Waals surface area (Å²) < 4.78 is 31.5. The molecule has 0 fully saturated rings. The zero-order chi connectivity index (χ0) is 23.8. The summed E-state index contributed by atoms with van der Waals surface area (Å²) in [5.74, 6) is -0.230. The molecular formula is C24H24Cl2N2O4S. The molecule has 3 rings (SSSR count). The van der Waals surface area contributed by atoms with E-state index in [1.54, 1.807) is 24.3 Å². The van der Waals surface area contributed by atoms with E-state index >= 15 is 0 Å². The molecule has 0 aliphatic carbocycles. The standard InChI is InChI=1S/C24H24Cl2N2O4S/c1-33(30,31)28(23-14-21(25)13-22(26)15-23)16-18-7-9-20(10-8-18)24(29)27-11-12-32-17-19-5-3-2-4-6-19/h2-10,13-15H,11-12,16-17H2,1H3,(H,27,29). The van der Waals surface area contributed by atoms with Crippen LogP contribution < -0.4 is 9.62 Å². The first-order valence-corrected chi connectivity index (χ1v) is 12.8. The number of carbonyl (C=O) groups is 1. The van der Waals surface area contributed by atoms with Crippen molar-refractivity contribution in [3.63, 3.8) is 0 Å². The van der Waals surface area contributed by atoms with Crippen LogP contribution >= 0.6 is 23.2 Å². The van der Waals surface area contributed by atoms with Gasteiger partial charge in [0.15, 0.2) is 0 Å². The highest BCUT2D eigenvalue weighted by Gasteiger charge is 2.19. The largest absolute Gasteiger partial charge is 0.375 e. The molecule has 0 aliphatic rings. The molecule has 3 aromatic rings. The van der Waals surface area contributed by atoms with Crippen molar-refractivity contribution in [2.24, 2.45) is 0 Å². The van der Waals surface area contributed by atoms with Crippen LogP contribution in [0.2, 0.25) is 10.0 Å². The summed E-state index contributed by atoms with van der Waals surface area (Å²) in [5.41, 5.74) is 2.62. The van der Waals surface area contributed by atoms with Crippen LogP contribution in [0.25, 0.3) is 0 Å². The van der Waals surface area contributed by atoms with E-state index in [0.717, 1.165) is 11.8 Å². The molecule has 0 spiro atoms. The van der Waals surface area contributed by atoms with Gasteiger partial charge in [0.2, 0.25) is 10.0 Å². The summed E-state index contributed by atoms with van der Waals surface area (Å²) in [7, 11) is -3.59. The molecule has 1 N–H and O–H groups in total. The second-order valence-electron chi connectivity index (χ2n) is 7.39. The van der Waals surface area contributed by atoms with Gasteiger partial charge in [-0.15, -0.1) is 0 Å². The van der Waals surface area contributed by atoms with Crippen molar-refractivity contribution >= 4 is 44.8 Å². The van der Waals surface area contributed by atoms with E-state index in [4.69, 9.17) is 27.9 Å². The molecule has 0 radical (unpaired) electrons. The third-order valence-electron chi connectivity index (χ3n) is 4.72. The Morgan fingerprint density at radius 3 is 2.18 bits per heavy atom. The molecule has 0 aromatic heterocycles. The van der Waals surface area contributed by atoms with Gasteiger partial charge >= 0.3 is 0 Å². The summed E-state index contributed by atoms with van der Waals surface area (Å²) in [4.78, 5) is 12.4. The highest BCUT2D eigenvalue weighted by molar-refractivity contribution is 7.92. The average Bonchev–Trinajstić information content (AvgIpc) is 2.76. The lowest BCUT2D eigenvalue weighted by atomic mass is 10.1. The highest BCUT2D eigenvalue weighted by Crippen LogP contribution is 2.28. The maximum atomic E-state index is 12.4. The fraction of sp³-hybridized carbons (Fsp3) is 0.208. The second-order valence-corrected chi connectivity index (χ2v) is 10.2. The van der Waals surface area contributed by atoms with Gasteiger partial charge in [-0.3, -0.25) is 9.10 Å². The summed E-state index contributed by atoms with van der Waals surface area (Å²) in [6, 6.07) is 21.1. The molecule has 0 bridgehead atoms. The van der Waals surface area contributed by atoms with Gasteiger partial charge in [0.1, 0.15) is 0 Å². The van der Waals surface area contributed by atoms with E-state index < -0.39 is 10.0 Å². The molecular weight excluding hydrogens is 483 g/mol. The minimum absolute atomic E-state index is 0.0741. The van der Waals surface area contributed by atoms with Gasteiger partial charge in [-0.05, 0) is 41.5 Å². The number of anilines is 1. The number of rotatable bonds is 10. The number of sulfonamides is 1. The van der Waals surface area contributed by atoms with Crippen molar-refractivity contribution in [1.82, 2.24) is 5.32 Å². The minimum Gasteiger partial charge on any atom is -0.375 e. The molecule has 174 valence electrons. The number of carbonyl (C=O) groups excluding carboxylic acids is 1. The molecule has 1 amide bonds. The van der Waals surface area contributed by atoms with Crippen molar-refractivity contribution in [3.8, 4) is 0 Å². The summed E-state index contributed by atoms with van der Waals surface area (Å²) >= 11 is 12.1. The lowest BCUT2D eigenvalue weighted by molar-refractivity contribution is 0.0901. The lowest BCUT2D eigenvalue weighted by Gasteiger charge is -2.23. The predicted molar refractivity (Wildman–Crippen MR) is 132 cm³/mol. The monoisotopic (exact) mass is 506 g/mol. The lowest BCUT2D eigenvalue weighted by Crippen LogP contribution is -2.29. The molecule has 0 saturated carbocycles. The number of nitrogens with zero attached hydrogens (tertiary/aromatic N) is 1. The van der Waals surface area contributed by atoms with Crippen molar-refractivity contribution in [2.75, 3.05) is 23.7 Å². The van der Waals surface area contributed by atoms with E-state index in [9.17, 15) is 13.2 Å². The second kappa shape index (κ2) is 11.5. The van der Waals surface area contributed by atoms with Gasteiger partial charge in [-0.25, -0.2) is 8.42 Å². The Bertz CT molecular complexity index is 1170. The van der Waals surface area contributed by atoms with Crippen LogP contribution in [-0.2, 0) is 27.9 Å². The van der Waals surface area contributed by atoms with E-state index in [1.165, 1.54) is 22.5 Å². The Labute approximate surface area is 204 Å². The first-order valence-electron chi connectivity index (χ1n) is 10.1. The van der Waals surface area contributed by atoms with E-state index in [2.05, 4.69) is 5.32 Å². The molecule has 0 aliphatic heterocycles. The van der Waals surface area contributed by atoms with E-state index in [0.29, 0.717) is 46.6 Å². The van der Waals surface area contributed by atoms with Crippen LogP contribution in [0.15, 0.2) is 72.8 Å². The Morgan fingerprint density at radius 2 is 1.58 bits per heavy atom. The Morgan fingerprint density at radius 1 is 0.939 bits per heavy atom. The molecule has 3 aromatic carbocycles. The normalized spacial score (nSPS) is 11.2. The van der Waals surface area contributed by atoms with Crippen LogP contribution in [-0.4, -0.2) is 33.7 Å². The van der Waals surface area contributed by atoms with Crippen LogP contribution in [0, 0.1) is 0 Å². The van der Waals surface area contributed by atoms with Crippen LogP contribution in [0.3, 0.4) is 0 Å².